The van der Waals surface area contributed by atoms with Crippen LogP contribution in [0.15, 0.2) is 44.8 Å². The van der Waals surface area contributed by atoms with Crippen molar-refractivity contribution in [1.29, 1.82) is 0 Å². The third-order valence-corrected chi connectivity index (χ3v) is 6.32. The molecule has 0 aliphatic carbocycles. The van der Waals surface area contributed by atoms with Crippen molar-refractivity contribution in [2.24, 2.45) is 0 Å². The van der Waals surface area contributed by atoms with E-state index in [2.05, 4.69) is 15.9 Å². The molecule has 152 valence electrons. The molecule has 2 atom stereocenters. The van der Waals surface area contributed by atoms with Crippen molar-refractivity contribution < 1.29 is 23.8 Å². The van der Waals surface area contributed by atoms with E-state index in [0.717, 1.165) is 22.9 Å². The van der Waals surface area contributed by atoms with Crippen molar-refractivity contribution in [1.82, 2.24) is 4.90 Å². The van der Waals surface area contributed by atoms with Gasteiger partial charge in [-0.05, 0) is 56.5 Å². The van der Waals surface area contributed by atoms with Gasteiger partial charge in [0.15, 0.2) is 0 Å². The fourth-order valence-corrected chi connectivity index (χ4v) is 4.17. The third-order valence-electron chi connectivity index (χ3n) is 5.43. The third kappa shape index (κ3) is 3.65. The molecule has 3 heterocycles. The molecule has 2 unspecified atom stereocenters. The van der Waals surface area contributed by atoms with E-state index in [4.69, 9.17) is 9.15 Å². The highest BCUT2D eigenvalue weighted by molar-refractivity contribution is 9.10. The summed E-state index contributed by atoms with van der Waals surface area (Å²) in [6, 6.07) is 8.04. The van der Waals surface area contributed by atoms with Gasteiger partial charge in [-0.15, -0.1) is 0 Å². The first-order valence-electron chi connectivity index (χ1n) is 9.59. The van der Waals surface area contributed by atoms with E-state index in [1.807, 2.05) is 6.92 Å². The number of aliphatic hydroxyl groups is 1. The van der Waals surface area contributed by atoms with Crippen LogP contribution in [0.1, 0.15) is 41.5 Å². The normalized spacial score (nSPS) is 23.9. The number of Topliss-reactive ketones (excluding diaryl/α,β-unsaturated/α-hetero) is 1. The van der Waals surface area contributed by atoms with Gasteiger partial charge in [0.1, 0.15) is 23.3 Å². The van der Waals surface area contributed by atoms with E-state index in [1.54, 1.807) is 37.3 Å². The van der Waals surface area contributed by atoms with Gasteiger partial charge in [0, 0.05) is 23.2 Å². The number of halogens is 1. The Hall–Kier alpha value is -2.38. The second kappa shape index (κ2) is 7.80. The molecule has 0 spiro atoms. The molecule has 29 heavy (non-hydrogen) atoms. The van der Waals surface area contributed by atoms with E-state index in [-0.39, 0.29) is 24.0 Å². The van der Waals surface area contributed by atoms with Crippen molar-refractivity contribution in [3.8, 4) is 0 Å². The molecule has 7 heteroatoms. The molecule has 2 fully saturated rings. The number of aryl methyl sites for hydroxylation is 2. The minimum absolute atomic E-state index is 0.0454. The molecule has 1 amide bonds. The van der Waals surface area contributed by atoms with E-state index < -0.39 is 17.7 Å². The highest BCUT2D eigenvalue weighted by Crippen LogP contribution is 2.40. The number of carbonyl (C=O) groups excluding carboxylic acids is 2. The van der Waals surface area contributed by atoms with E-state index in [0.29, 0.717) is 23.7 Å². The van der Waals surface area contributed by atoms with Gasteiger partial charge in [-0.2, -0.15) is 0 Å². The fraction of sp³-hybridized carbons (Fsp3) is 0.364. The zero-order valence-electron chi connectivity index (χ0n) is 16.3. The Morgan fingerprint density at radius 2 is 2.03 bits per heavy atom. The summed E-state index contributed by atoms with van der Waals surface area (Å²) in [4.78, 5) is 27.3. The van der Waals surface area contributed by atoms with E-state index in [1.165, 1.54) is 4.90 Å². The lowest BCUT2D eigenvalue weighted by Crippen LogP contribution is -2.36. The fourth-order valence-electron chi connectivity index (χ4n) is 3.92. The Kier molecular flexibility index (Phi) is 5.36. The largest absolute Gasteiger partial charge is 0.507 e. The summed E-state index contributed by atoms with van der Waals surface area (Å²) in [5, 5.41) is 11.0. The van der Waals surface area contributed by atoms with Crippen molar-refractivity contribution in [2.45, 2.75) is 38.8 Å². The topological polar surface area (TPSA) is 80.0 Å². The summed E-state index contributed by atoms with van der Waals surface area (Å²) in [5.41, 5.74) is 1.44. The van der Waals surface area contributed by atoms with E-state index in [9.17, 15) is 14.7 Å². The lowest BCUT2D eigenvalue weighted by atomic mass is 9.98. The number of hydrogen-bond acceptors (Lipinski definition) is 5. The molecular formula is C22H22BrNO5. The second-order valence-electron chi connectivity index (χ2n) is 7.50. The number of carbonyl (C=O) groups is 2. The average molecular weight is 460 g/mol. The summed E-state index contributed by atoms with van der Waals surface area (Å²) in [6.45, 7) is 4.63. The first-order valence-corrected chi connectivity index (χ1v) is 10.4. The summed E-state index contributed by atoms with van der Waals surface area (Å²) in [7, 11) is 0. The van der Waals surface area contributed by atoms with E-state index >= 15 is 0 Å². The smallest absolute Gasteiger partial charge is 0.295 e. The molecule has 0 radical (unpaired) electrons. The van der Waals surface area contributed by atoms with Crippen LogP contribution in [0, 0.1) is 13.8 Å². The number of hydrogen-bond donors (Lipinski definition) is 1. The molecule has 4 rings (SSSR count). The summed E-state index contributed by atoms with van der Waals surface area (Å²) in [5.74, 6) is -0.430. The van der Waals surface area contributed by atoms with Crippen LogP contribution < -0.4 is 0 Å². The number of likely N-dealkylation sites (tertiary alicyclic amines) is 1. The van der Waals surface area contributed by atoms with Crippen LogP contribution in [0.3, 0.4) is 0 Å². The molecular weight excluding hydrogens is 438 g/mol. The number of furan rings is 1. The van der Waals surface area contributed by atoms with Crippen molar-refractivity contribution in [3.63, 3.8) is 0 Å². The SMILES string of the molecule is Cc1ccc(C2/C(=C(/O)c3ccc(Br)c(C)c3)C(=O)C(=O)N2CC2CCCO2)o1. The van der Waals surface area contributed by atoms with Gasteiger partial charge < -0.3 is 19.2 Å². The van der Waals surface area contributed by atoms with Gasteiger partial charge >= 0.3 is 0 Å². The van der Waals surface area contributed by atoms with Crippen LogP contribution in [0.2, 0.25) is 0 Å². The van der Waals surface area contributed by atoms with Crippen LogP contribution in [0.25, 0.3) is 5.76 Å². The molecule has 0 bridgehead atoms. The van der Waals surface area contributed by atoms with Gasteiger partial charge in [0.25, 0.3) is 11.7 Å². The lowest BCUT2D eigenvalue weighted by Gasteiger charge is -2.25. The molecule has 1 N–H and O–H groups in total. The molecule has 1 aromatic heterocycles. The number of benzene rings is 1. The van der Waals surface area contributed by atoms with Gasteiger partial charge in [0.05, 0.1) is 11.7 Å². The maximum atomic E-state index is 12.9. The maximum absolute atomic E-state index is 12.9. The lowest BCUT2D eigenvalue weighted by molar-refractivity contribution is -0.141. The maximum Gasteiger partial charge on any atom is 0.295 e. The predicted octanol–water partition coefficient (Wildman–Crippen LogP) is 4.26. The Labute approximate surface area is 177 Å². The van der Waals surface area contributed by atoms with Gasteiger partial charge in [0.2, 0.25) is 0 Å². The second-order valence-corrected chi connectivity index (χ2v) is 8.35. The van der Waals surface area contributed by atoms with Crippen LogP contribution in [-0.4, -0.2) is 41.0 Å². The Bertz CT molecular complexity index is 1000. The monoisotopic (exact) mass is 459 g/mol. The molecule has 1 aromatic carbocycles. The average Bonchev–Trinajstić information content (AvgIpc) is 3.41. The van der Waals surface area contributed by atoms with Crippen LogP contribution in [-0.2, 0) is 14.3 Å². The number of ether oxygens (including phenoxy) is 1. The molecule has 2 aromatic rings. The molecule has 2 aliphatic rings. The number of rotatable bonds is 4. The Balaban J connectivity index is 1.82. The Morgan fingerprint density at radius 1 is 1.24 bits per heavy atom. The first kappa shape index (κ1) is 19.9. The summed E-state index contributed by atoms with van der Waals surface area (Å²) in [6.07, 6.45) is 1.64. The Morgan fingerprint density at radius 3 is 2.66 bits per heavy atom. The zero-order chi connectivity index (χ0) is 20.7. The van der Waals surface area contributed by atoms with Gasteiger partial charge in [-0.3, -0.25) is 9.59 Å². The molecule has 0 saturated carbocycles. The molecule has 6 nitrogen and oxygen atoms in total. The standard InChI is InChI=1S/C22H22BrNO5/c1-12-10-14(6-7-16(12)23)20(25)18-19(17-8-5-13(2)29-17)24(22(27)21(18)26)11-15-4-3-9-28-15/h5-8,10,15,19,25H,3-4,9,11H2,1-2H3/b20-18-. The number of amides is 1. The van der Waals surface area contributed by atoms with Crippen LogP contribution in [0.5, 0.6) is 0 Å². The highest BCUT2D eigenvalue weighted by atomic mass is 79.9. The summed E-state index contributed by atoms with van der Waals surface area (Å²) < 4.78 is 12.4. The minimum Gasteiger partial charge on any atom is -0.507 e. The van der Waals surface area contributed by atoms with Crippen LogP contribution in [0.4, 0.5) is 0 Å². The van der Waals surface area contributed by atoms with Gasteiger partial charge in [-0.25, -0.2) is 0 Å². The number of ketones is 1. The first-order chi connectivity index (χ1) is 13.9. The minimum atomic E-state index is -0.781. The predicted molar refractivity (Wildman–Crippen MR) is 110 cm³/mol. The molecule has 2 saturated heterocycles. The van der Waals surface area contributed by atoms with Crippen molar-refractivity contribution in [3.05, 3.63) is 63.0 Å². The highest BCUT2D eigenvalue weighted by Gasteiger charge is 2.48. The number of nitrogens with zero attached hydrogens (tertiary/aromatic N) is 1. The van der Waals surface area contributed by atoms with Gasteiger partial charge in [-0.1, -0.05) is 22.0 Å². The molecule has 2 aliphatic heterocycles. The summed E-state index contributed by atoms with van der Waals surface area (Å²) >= 11 is 3.44. The van der Waals surface area contributed by atoms with Crippen molar-refractivity contribution >= 4 is 33.4 Å². The quantitative estimate of drug-likeness (QED) is 0.419. The van der Waals surface area contributed by atoms with Crippen LogP contribution >= 0.6 is 15.9 Å². The number of aliphatic hydroxyl groups excluding tert-OH is 1. The van der Waals surface area contributed by atoms with Crippen molar-refractivity contribution in [2.75, 3.05) is 13.2 Å². The zero-order valence-corrected chi connectivity index (χ0v) is 17.9.